The van der Waals surface area contributed by atoms with Crippen molar-refractivity contribution in [1.82, 2.24) is 4.40 Å². The SMILES string of the molecule is O=Cc1c(-c2ccc(F)cc2)cn2ccccc12. The molecule has 0 amide bonds. The van der Waals surface area contributed by atoms with Gasteiger partial charge in [-0.3, -0.25) is 4.79 Å². The summed E-state index contributed by atoms with van der Waals surface area (Å²) in [5, 5.41) is 0. The topological polar surface area (TPSA) is 21.5 Å². The van der Waals surface area contributed by atoms with Crippen molar-refractivity contribution in [2.24, 2.45) is 0 Å². The summed E-state index contributed by atoms with van der Waals surface area (Å²) < 4.78 is 14.8. The van der Waals surface area contributed by atoms with Gasteiger partial charge >= 0.3 is 0 Å². The highest BCUT2D eigenvalue weighted by atomic mass is 19.1. The minimum atomic E-state index is -0.282. The first-order valence-electron chi connectivity index (χ1n) is 5.60. The van der Waals surface area contributed by atoms with Crippen molar-refractivity contribution in [3.05, 3.63) is 66.2 Å². The molecule has 3 rings (SSSR count). The maximum Gasteiger partial charge on any atom is 0.152 e. The molecular formula is C15H10FNO. The molecular weight excluding hydrogens is 229 g/mol. The summed E-state index contributed by atoms with van der Waals surface area (Å²) in [5.41, 5.74) is 3.13. The maximum absolute atomic E-state index is 12.9. The van der Waals surface area contributed by atoms with E-state index in [4.69, 9.17) is 0 Å². The fourth-order valence-corrected chi connectivity index (χ4v) is 2.13. The van der Waals surface area contributed by atoms with E-state index >= 15 is 0 Å². The molecule has 3 aromatic rings. The second kappa shape index (κ2) is 4.11. The van der Waals surface area contributed by atoms with Gasteiger partial charge in [0.25, 0.3) is 0 Å². The number of hydrogen-bond donors (Lipinski definition) is 0. The number of halogens is 1. The molecule has 0 unspecified atom stereocenters. The minimum absolute atomic E-state index is 0.282. The Morgan fingerprint density at radius 1 is 1.06 bits per heavy atom. The highest BCUT2D eigenvalue weighted by molar-refractivity contribution is 5.96. The number of aromatic nitrogens is 1. The lowest BCUT2D eigenvalue weighted by Gasteiger charge is -1.98. The lowest BCUT2D eigenvalue weighted by molar-refractivity contribution is 0.112. The van der Waals surface area contributed by atoms with Crippen molar-refractivity contribution in [2.75, 3.05) is 0 Å². The fourth-order valence-electron chi connectivity index (χ4n) is 2.13. The van der Waals surface area contributed by atoms with E-state index in [1.165, 1.54) is 12.1 Å². The number of fused-ring (bicyclic) bond motifs is 1. The molecule has 2 aromatic heterocycles. The molecule has 2 heterocycles. The van der Waals surface area contributed by atoms with Gasteiger partial charge in [-0.2, -0.15) is 0 Å². The Morgan fingerprint density at radius 3 is 2.56 bits per heavy atom. The lowest BCUT2D eigenvalue weighted by atomic mass is 10.0. The summed E-state index contributed by atoms with van der Waals surface area (Å²) in [6.07, 6.45) is 4.61. The van der Waals surface area contributed by atoms with Gasteiger partial charge < -0.3 is 4.40 Å². The number of benzene rings is 1. The second-order valence-corrected chi connectivity index (χ2v) is 4.07. The van der Waals surface area contributed by atoms with Crippen molar-refractivity contribution in [1.29, 1.82) is 0 Å². The molecule has 0 radical (unpaired) electrons. The van der Waals surface area contributed by atoms with E-state index in [0.717, 1.165) is 22.9 Å². The van der Waals surface area contributed by atoms with Crippen LogP contribution in [0.2, 0.25) is 0 Å². The molecule has 18 heavy (non-hydrogen) atoms. The zero-order valence-corrected chi connectivity index (χ0v) is 9.51. The standard InChI is InChI=1S/C15H10FNO/c16-12-6-4-11(5-7-12)13-9-17-8-2-1-3-15(17)14(13)10-18/h1-10H. The molecule has 2 nitrogen and oxygen atoms in total. The van der Waals surface area contributed by atoms with Gasteiger partial charge in [0.1, 0.15) is 5.82 Å². The summed E-state index contributed by atoms with van der Waals surface area (Å²) in [6, 6.07) is 11.8. The molecule has 0 aliphatic carbocycles. The molecule has 0 saturated carbocycles. The number of aldehydes is 1. The average Bonchev–Trinajstić information content (AvgIpc) is 2.78. The highest BCUT2D eigenvalue weighted by Gasteiger charge is 2.11. The Hall–Kier alpha value is -2.42. The van der Waals surface area contributed by atoms with Crippen LogP contribution in [0.5, 0.6) is 0 Å². The predicted molar refractivity (Wildman–Crippen MR) is 68.2 cm³/mol. The number of nitrogens with zero attached hydrogens (tertiary/aromatic N) is 1. The monoisotopic (exact) mass is 239 g/mol. The molecule has 0 aliphatic heterocycles. The molecule has 3 heteroatoms. The quantitative estimate of drug-likeness (QED) is 0.626. The van der Waals surface area contributed by atoms with Crippen LogP contribution < -0.4 is 0 Å². The zero-order valence-electron chi connectivity index (χ0n) is 9.51. The van der Waals surface area contributed by atoms with Crippen LogP contribution in [-0.4, -0.2) is 10.7 Å². The molecule has 0 N–H and O–H groups in total. The van der Waals surface area contributed by atoms with E-state index in [0.29, 0.717) is 5.56 Å². The van der Waals surface area contributed by atoms with E-state index in [1.54, 1.807) is 12.1 Å². The lowest BCUT2D eigenvalue weighted by Crippen LogP contribution is -1.83. The molecule has 0 atom stereocenters. The van der Waals surface area contributed by atoms with Crippen molar-refractivity contribution in [3.63, 3.8) is 0 Å². The molecule has 1 aromatic carbocycles. The number of carbonyl (C=O) groups is 1. The number of carbonyl (C=O) groups excluding carboxylic acids is 1. The van der Waals surface area contributed by atoms with Crippen molar-refractivity contribution in [3.8, 4) is 11.1 Å². The Kier molecular flexibility index (Phi) is 2.45. The normalized spacial score (nSPS) is 10.7. The summed E-state index contributed by atoms with van der Waals surface area (Å²) in [7, 11) is 0. The highest BCUT2D eigenvalue weighted by Crippen LogP contribution is 2.27. The van der Waals surface area contributed by atoms with Crippen LogP contribution in [-0.2, 0) is 0 Å². The molecule has 0 aliphatic rings. The third-order valence-electron chi connectivity index (χ3n) is 3.00. The zero-order chi connectivity index (χ0) is 12.5. The fraction of sp³-hybridized carbons (Fsp3) is 0. The molecule has 0 saturated heterocycles. The van der Waals surface area contributed by atoms with Gasteiger partial charge in [0.2, 0.25) is 0 Å². The van der Waals surface area contributed by atoms with Gasteiger partial charge in [-0.15, -0.1) is 0 Å². The Bertz CT molecular complexity index is 713. The van der Waals surface area contributed by atoms with E-state index in [9.17, 15) is 9.18 Å². The van der Waals surface area contributed by atoms with Gasteiger partial charge in [-0.05, 0) is 29.8 Å². The number of pyridine rings is 1. The summed E-state index contributed by atoms with van der Waals surface area (Å²) in [5.74, 6) is -0.282. The Morgan fingerprint density at radius 2 is 1.83 bits per heavy atom. The third kappa shape index (κ3) is 1.61. The number of rotatable bonds is 2. The van der Waals surface area contributed by atoms with Crippen LogP contribution in [0.1, 0.15) is 10.4 Å². The Labute approximate surface area is 103 Å². The minimum Gasteiger partial charge on any atom is -0.322 e. The van der Waals surface area contributed by atoms with Crippen molar-refractivity contribution < 1.29 is 9.18 Å². The molecule has 0 fully saturated rings. The van der Waals surface area contributed by atoms with Crippen LogP contribution >= 0.6 is 0 Å². The molecule has 88 valence electrons. The van der Waals surface area contributed by atoms with Crippen LogP contribution in [0, 0.1) is 5.82 Å². The third-order valence-corrected chi connectivity index (χ3v) is 3.00. The summed E-state index contributed by atoms with van der Waals surface area (Å²) >= 11 is 0. The van der Waals surface area contributed by atoms with Crippen molar-refractivity contribution in [2.45, 2.75) is 0 Å². The predicted octanol–water partition coefficient (Wildman–Crippen LogP) is 3.56. The van der Waals surface area contributed by atoms with Gasteiger partial charge in [0, 0.05) is 23.5 Å². The van der Waals surface area contributed by atoms with E-state index in [-0.39, 0.29) is 5.82 Å². The van der Waals surface area contributed by atoms with E-state index in [2.05, 4.69) is 0 Å². The van der Waals surface area contributed by atoms with Gasteiger partial charge in [-0.1, -0.05) is 18.2 Å². The smallest absolute Gasteiger partial charge is 0.152 e. The first-order valence-corrected chi connectivity index (χ1v) is 5.60. The van der Waals surface area contributed by atoms with E-state index in [1.807, 2.05) is 35.0 Å². The van der Waals surface area contributed by atoms with Crippen LogP contribution in [0.3, 0.4) is 0 Å². The maximum atomic E-state index is 12.9. The molecule has 0 bridgehead atoms. The van der Waals surface area contributed by atoms with Gasteiger partial charge in [0.15, 0.2) is 6.29 Å². The summed E-state index contributed by atoms with van der Waals surface area (Å²) in [6.45, 7) is 0. The van der Waals surface area contributed by atoms with Gasteiger partial charge in [0.05, 0.1) is 5.52 Å². The van der Waals surface area contributed by atoms with Crippen LogP contribution in [0.15, 0.2) is 54.9 Å². The first-order chi connectivity index (χ1) is 8.79. The number of hydrogen-bond acceptors (Lipinski definition) is 1. The summed E-state index contributed by atoms with van der Waals surface area (Å²) in [4.78, 5) is 11.3. The van der Waals surface area contributed by atoms with Gasteiger partial charge in [-0.25, -0.2) is 4.39 Å². The molecule has 0 spiro atoms. The average molecular weight is 239 g/mol. The van der Waals surface area contributed by atoms with Crippen molar-refractivity contribution >= 4 is 11.8 Å². The van der Waals surface area contributed by atoms with Crippen LogP contribution in [0.25, 0.3) is 16.6 Å². The largest absolute Gasteiger partial charge is 0.322 e. The van der Waals surface area contributed by atoms with Crippen LogP contribution in [0.4, 0.5) is 4.39 Å². The first kappa shape index (κ1) is 10.7. The second-order valence-electron chi connectivity index (χ2n) is 4.07. The Balaban J connectivity index is 2.28. The van der Waals surface area contributed by atoms with E-state index < -0.39 is 0 Å².